The van der Waals surface area contributed by atoms with Gasteiger partial charge in [-0.3, -0.25) is 9.78 Å². The van der Waals surface area contributed by atoms with Crippen molar-refractivity contribution in [3.8, 4) is 5.75 Å². The van der Waals surface area contributed by atoms with Crippen molar-refractivity contribution in [1.29, 1.82) is 0 Å². The lowest BCUT2D eigenvalue weighted by Gasteiger charge is -2.35. The zero-order chi connectivity index (χ0) is 17.2. The molecule has 7 heteroatoms. The van der Waals surface area contributed by atoms with Crippen molar-refractivity contribution >= 4 is 22.9 Å². The highest BCUT2D eigenvalue weighted by atomic mass is 16.3. The first kappa shape index (κ1) is 15.3. The molecule has 126 valence electrons. The molecule has 25 heavy (non-hydrogen) atoms. The zero-order valence-electron chi connectivity index (χ0n) is 13.5. The van der Waals surface area contributed by atoms with Gasteiger partial charge in [0.2, 0.25) is 0 Å². The highest BCUT2D eigenvalue weighted by Gasteiger charge is 2.23. The quantitative estimate of drug-likeness (QED) is 0.767. The molecule has 1 fully saturated rings. The molecule has 0 radical (unpaired) electrons. The molecule has 1 aliphatic rings. The van der Waals surface area contributed by atoms with Crippen LogP contribution in [0.3, 0.4) is 0 Å². The number of piperazine rings is 1. The monoisotopic (exact) mass is 335 g/mol. The Labute approximate surface area is 144 Å². The predicted octanol–water partition coefficient (Wildman–Crippen LogP) is 1.69. The van der Waals surface area contributed by atoms with Crippen LogP contribution in [0.5, 0.6) is 5.75 Å². The molecule has 1 aliphatic heterocycles. The Bertz CT molecular complexity index is 922. The van der Waals surface area contributed by atoms with Crippen LogP contribution in [0, 0.1) is 0 Å². The van der Waals surface area contributed by atoms with Gasteiger partial charge in [0.25, 0.3) is 5.91 Å². The first-order valence-electron chi connectivity index (χ1n) is 8.12. The summed E-state index contributed by atoms with van der Waals surface area (Å²) in [4.78, 5) is 29.5. The van der Waals surface area contributed by atoms with Gasteiger partial charge < -0.3 is 14.9 Å². The van der Waals surface area contributed by atoms with E-state index in [4.69, 9.17) is 0 Å². The molecule has 3 heterocycles. The second kappa shape index (κ2) is 6.35. The highest BCUT2D eigenvalue weighted by molar-refractivity contribution is 5.94. The Morgan fingerprint density at radius 2 is 1.80 bits per heavy atom. The summed E-state index contributed by atoms with van der Waals surface area (Å²) in [6, 6.07) is 10.3. The number of pyridine rings is 1. The topological polar surface area (TPSA) is 82.5 Å². The number of aromatic hydroxyl groups is 1. The van der Waals surface area contributed by atoms with Crippen LogP contribution in [-0.4, -0.2) is 57.0 Å². The number of nitrogens with zero attached hydrogens (tertiary/aromatic N) is 5. The van der Waals surface area contributed by atoms with E-state index in [1.54, 1.807) is 35.5 Å². The van der Waals surface area contributed by atoms with Crippen molar-refractivity contribution in [1.82, 2.24) is 19.9 Å². The van der Waals surface area contributed by atoms with Crippen LogP contribution in [0.4, 0.5) is 5.82 Å². The number of amides is 1. The first-order valence-corrected chi connectivity index (χ1v) is 8.12. The van der Waals surface area contributed by atoms with Gasteiger partial charge in [0.05, 0.1) is 0 Å². The van der Waals surface area contributed by atoms with Gasteiger partial charge in [-0.2, -0.15) is 0 Å². The third-order valence-corrected chi connectivity index (χ3v) is 4.30. The molecule has 0 atom stereocenters. The number of benzene rings is 1. The Morgan fingerprint density at radius 3 is 2.60 bits per heavy atom. The maximum Gasteiger partial charge on any atom is 0.254 e. The summed E-state index contributed by atoms with van der Waals surface area (Å²) in [5, 5.41) is 9.54. The molecule has 0 saturated carbocycles. The van der Waals surface area contributed by atoms with E-state index in [9.17, 15) is 9.90 Å². The third-order valence-electron chi connectivity index (χ3n) is 4.30. The van der Waals surface area contributed by atoms with Crippen LogP contribution in [0.1, 0.15) is 10.4 Å². The predicted molar refractivity (Wildman–Crippen MR) is 93.6 cm³/mol. The summed E-state index contributed by atoms with van der Waals surface area (Å²) in [5.74, 6) is 0.885. The largest absolute Gasteiger partial charge is 0.508 e. The maximum atomic E-state index is 12.5. The molecule has 0 unspecified atom stereocenters. The van der Waals surface area contributed by atoms with Gasteiger partial charge in [0.15, 0.2) is 5.65 Å². The average Bonchev–Trinajstić information content (AvgIpc) is 2.67. The fraction of sp³-hybridized carbons (Fsp3) is 0.222. The molecular formula is C18H17N5O2. The van der Waals surface area contributed by atoms with Crippen molar-refractivity contribution in [3.63, 3.8) is 0 Å². The Kier molecular flexibility index (Phi) is 3.89. The minimum Gasteiger partial charge on any atom is -0.508 e. The number of hydrogen-bond donors (Lipinski definition) is 1. The van der Waals surface area contributed by atoms with E-state index in [1.165, 1.54) is 6.07 Å². The van der Waals surface area contributed by atoms with Crippen LogP contribution >= 0.6 is 0 Å². The van der Waals surface area contributed by atoms with Crippen molar-refractivity contribution in [2.75, 3.05) is 31.1 Å². The fourth-order valence-electron chi connectivity index (χ4n) is 2.98. The standard InChI is InChI=1S/C18H17N5O2/c24-14-3-1-2-13(12-14)18(25)23-10-8-22(9-11-23)16-5-4-15-17(21-16)20-7-6-19-15/h1-7,12,24H,8-11H2. The Morgan fingerprint density at radius 1 is 1.00 bits per heavy atom. The van der Waals surface area contributed by atoms with Gasteiger partial charge in [0.1, 0.15) is 17.1 Å². The number of fused-ring (bicyclic) bond motifs is 1. The lowest BCUT2D eigenvalue weighted by atomic mass is 10.1. The summed E-state index contributed by atoms with van der Waals surface area (Å²) in [5.41, 5.74) is 1.90. The summed E-state index contributed by atoms with van der Waals surface area (Å²) < 4.78 is 0. The number of rotatable bonds is 2. The maximum absolute atomic E-state index is 12.5. The second-order valence-corrected chi connectivity index (χ2v) is 5.90. The van der Waals surface area contributed by atoms with Gasteiger partial charge in [-0.25, -0.2) is 9.97 Å². The van der Waals surface area contributed by atoms with Crippen LogP contribution < -0.4 is 4.90 Å². The van der Waals surface area contributed by atoms with Gasteiger partial charge in [-0.05, 0) is 30.3 Å². The van der Waals surface area contributed by atoms with Crippen molar-refractivity contribution in [2.45, 2.75) is 0 Å². The first-order chi connectivity index (χ1) is 12.2. The van der Waals surface area contributed by atoms with E-state index in [1.807, 2.05) is 12.1 Å². The minimum atomic E-state index is -0.0621. The molecule has 2 aromatic heterocycles. The smallest absolute Gasteiger partial charge is 0.254 e. The van der Waals surface area contributed by atoms with E-state index >= 15 is 0 Å². The SMILES string of the molecule is O=C(c1cccc(O)c1)N1CCN(c2ccc3nccnc3n2)CC1. The molecular weight excluding hydrogens is 318 g/mol. The summed E-state index contributed by atoms with van der Waals surface area (Å²) in [6.07, 6.45) is 3.28. The van der Waals surface area contributed by atoms with E-state index in [0.717, 1.165) is 11.3 Å². The molecule has 1 saturated heterocycles. The number of hydrogen-bond acceptors (Lipinski definition) is 6. The molecule has 7 nitrogen and oxygen atoms in total. The summed E-state index contributed by atoms with van der Waals surface area (Å²) in [7, 11) is 0. The number of aromatic nitrogens is 3. The van der Waals surface area contributed by atoms with Crippen molar-refractivity contribution in [3.05, 3.63) is 54.4 Å². The molecule has 1 amide bonds. The number of phenolic OH excluding ortho intramolecular Hbond substituents is 1. The van der Waals surface area contributed by atoms with Crippen LogP contribution in [0.2, 0.25) is 0 Å². The third kappa shape index (κ3) is 3.08. The van der Waals surface area contributed by atoms with Gasteiger partial charge in [0, 0.05) is 44.1 Å². The number of phenols is 1. The van der Waals surface area contributed by atoms with Crippen molar-refractivity contribution in [2.24, 2.45) is 0 Å². The van der Waals surface area contributed by atoms with E-state index in [2.05, 4.69) is 19.9 Å². The number of carbonyl (C=O) groups is 1. The molecule has 4 rings (SSSR count). The van der Waals surface area contributed by atoms with Gasteiger partial charge in [-0.15, -0.1) is 0 Å². The summed E-state index contributed by atoms with van der Waals surface area (Å²) in [6.45, 7) is 2.61. The molecule has 0 bridgehead atoms. The molecule has 3 aromatic rings. The molecule has 1 aromatic carbocycles. The lowest BCUT2D eigenvalue weighted by molar-refractivity contribution is 0.0746. The Balaban J connectivity index is 1.46. The average molecular weight is 335 g/mol. The van der Waals surface area contributed by atoms with Crippen LogP contribution in [0.15, 0.2) is 48.8 Å². The molecule has 1 N–H and O–H groups in total. The summed E-state index contributed by atoms with van der Waals surface area (Å²) >= 11 is 0. The fourth-order valence-corrected chi connectivity index (χ4v) is 2.98. The van der Waals surface area contributed by atoms with E-state index in [-0.39, 0.29) is 11.7 Å². The normalized spacial score (nSPS) is 14.7. The van der Waals surface area contributed by atoms with E-state index < -0.39 is 0 Å². The number of carbonyl (C=O) groups excluding carboxylic acids is 1. The van der Waals surface area contributed by atoms with Gasteiger partial charge >= 0.3 is 0 Å². The lowest BCUT2D eigenvalue weighted by Crippen LogP contribution is -2.49. The van der Waals surface area contributed by atoms with Crippen molar-refractivity contribution < 1.29 is 9.90 Å². The van der Waals surface area contributed by atoms with Crippen LogP contribution in [-0.2, 0) is 0 Å². The molecule has 0 aliphatic carbocycles. The van der Waals surface area contributed by atoms with Crippen LogP contribution in [0.25, 0.3) is 11.2 Å². The highest BCUT2D eigenvalue weighted by Crippen LogP contribution is 2.19. The van der Waals surface area contributed by atoms with E-state index in [0.29, 0.717) is 37.4 Å². The van der Waals surface area contributed by atoms with Gasteiger partial charge in [-0.1, -0.05) is 6.07 Å². The molecule has 0 spiro atoms. The minimum absolute atomic E-state index is 0.0621. The second-order valence-electron chi connectivity index (χ2n) is 5.90. The Hall–Kier alpha value is -3.22. The zero-order valence-corrected chi connectivity index (χ0v) is 13.5. The number of anilines is 1.